The van der Waals surface area contributed by atoms with Crippen LogP contribution in [0.1, 0.15) is 39.0 Å². The summed E-state index contributed by atoms with van der Waals surface area (Å²) in [6, 6.07) is 33.8. The van der Waals surface area contributed by atoms with E-state index in [0.717, 1.165) is 43.3 Å². The van der Waals surface area contributed by atoms with Gasteiger partial charge in [-0.25, -0.2) is 0 Å². The molecule has 3 heteroatoms. The molecule has 0 saturated carbocycles. The summed E-state index contributed by atoms with van der Waals surface area (Å²) in [5, 5.41) is 0. The van der Waals surface area contributed by atoms with E-state index < -0.39 is 18.4 Å². The summed E-state index contributed by atoms with van der Waals surface area (Å²) in [6.07, 6.45) is 10.5. The average molecular weight is 571 g/mol. The van der Waals surface area contributed by atoms with Gasteiger partial charge in [0.2, 0.25) is 0 Å². The summed E-state index contributed by atoms with van der Waals surface area (Å²) in [6.45, 7) is 3.67. The van der Waals surface area contributed by atoms with Gasteiger partial charge in [0, 0.05) is 0 Å². The van der Waals surface area contributed by atoms with Gasteiger partial charge in [-0.1, -0.05) is 0 Å². The molecule has 1 heterocycles. The zero-order chi connectivity index (χ0) is 24.0. The molecule has 2 aliphatic rings. The van der Waals surface area contributed by atoms with E-state index in [9.17, 15) is 0 Å². The monoisotopic (exact) mass is 572 g/mol. The van der Waals surface area contributed by atoms with E-state index >= 15 is 0 Å². The summed E-state index contributed by atoms with van der Waals surface area (Å²) < 4.78 is 17.7. The van der Waals surface area contributed by atoms with Gasteiger partial charge in [-0.3, -0.25) is 0 Å². The van der Waals surface area contributed by atoms with E-state index in [1.54, 1.807) is 5.57 Å². The van der Waals surface area contributed by atoms with E-state index in [1.165, 1.54) is 22.7 Å². The fraction of sp³-hybridized carbons (Fsp3) is 0.312. The first-order valence-electron chi connectivity index (χ1n) is 13.0. The molecule has 1 aliphatic carbocycles. The Labute approximate surface area is 214 Å². The molecule has 0 unspecified atom stereocenters. The van der Waals surface area contributed by atoms with Gasteiger partial charge in [0.1, 0.15) is 0 Å². The molecule has 1 saturated heterocycles. The fourth-order valence-corrected chi connectivity index (χ4v) is 18.8. The fourth-order valence-electron chi connectivity index (χ4n) is 5.92. The number of ether oxygens (including phenoxy) is 2. The van der Waals surface area contributed by atoms with Crippen LogP contribution in [-0.2, 0) is 9.47 Å². The molecule has 0 N–H and O–H groups in total. The molecule has 3 aromatic rings. The topological polar surface area (TPSA) is 18.5 Å². The SMILES string of the molecule is CC1=C(CCC/C=C/[CH2][Sn]([c]2ccccc2)([c]2ccccc2)[c]2ccccc2)CCC12OCCO2. The molecule has 35 heavy (non-hydrogen) atoms. The van der Waals surface area contributed by atoms with Crippen LogP contribution in [0.15, 0.2) is 114 Å². The summed E-state index contributed by atoms with van der Waals surface area (Å²) in [5.41, 5.74) is 2.89. The van der Waals surface area contributed by atoms with Crippen molar-refractivity contribution < 1.29 is 9.47 Å². The van der Waals surface area contributed by atoms with Crippen molar-refractivity contribution in [2.24, 2.45) is 0 Å². The molecular weight excluding hydrogens is 535 g/mol. The first-order valence-corrected chi connectivity index (χ1v) is 19.3. The van der Waals surface area contributed by atoms with Crippen molar-refractivity contribution in [3.63, 3.8) is 0 Å². The Morgan fingerprint density at radius 3 is 1.77 bits per heavy atom. The van der Waals surface area contributed by atoms with Gasteiger partial charge in [0.15, 0.2) is 0 Å². The quantitative estimate of drug-likeness (QED) is 0.186. The molecule has 180 valence electrons. The molecule has 0 atom stereocenters. The Bertz CT molecular complexity index is 1050. The van der Waals surface area contributed by atoms with Crippen LogP contribution in [0.5, 0.6) is 0 Å². The molecule has 0 aromatic heterocycles. The Morgan fingerprint density at radius 2 is 1.26 bits per heavy atom. The van der Waals surface area contributed by atoms with Gasteiger partial charge in [0.05, 0.1) is 0 Å². The van der Waals surface area contributed by atoms with Crippen LogP contribution in [-0.4, -0.2) is 37.4 Å². The van der Waals surface area contributed by atoms with Crippen LogP contribution < -0.4 is 10.7 Å². The minimum absolute atomic E-state index is 0.389. The van der Waals surface area contributed by atoms with Gasteiger partial charge in [-0.15, -0.1) is 0 Å². The molecule has 5 rings (SSSR count). The van der Waals surface area contributed by atoms with E-state index in [1.807, 2.05) is 0 Å². The molecule has 1 spiro atoms. The summed E-state index contributed by atoms with van der Waals surface area (Å²) in [7, 11) is 0. The standard InChI is InChI=1S/C14H21O2.3C6H5.Sn/c1-3-4-5-6-7-13-8-9-14(12(13)2)15-10-11-16-14;3*1-2-4-6-5-3-1;/h3-4H,1,5-11H2,2H3;3*1-5H;/b4-3+;;;;. The van der Waals surface area contributed by atoms with E-state index in [4.69, 9.17) is 9.47 Å². The van der Waals surface area contributed by atoms with Gasteiger partial charge in [-0.05, 0) is 0 Å². The van der Waals surface area contributed by atoms with Crippen LogP contribution in [0.3, 0.4) is 0 Å². The summed E-state index contributed by atoms with van der Waals surface area (Å²) >= 11 is -3.17. The second-order valence-corrected chi connectivity index (χ2v) is 21.0. The maximum atomic E-state index is 5.97. The van der Waals surface area contributed by atoms with Crippen LogP contribution in [0.25, 0.3) is 0 Å². The zero-order valence-electron chi connectivity index (χ0n) is 20.8. The predicted octanol–water partition coefficient (Wildman–Crippen LogP) is 5.74. The van der Waals surface area contributed by atoms with Gasteiger partial charge in [0.25, 0.3) is 0 Å². The van der Waals surface area contributed by atoms with Gasteiger partial charge in [-0.2, -0.15) is 0 Å². The zero-order valence-corrected chi connectivity index (χ0v) is 23.6. The van der Waals surface area contributed by atoms with Gasteiger partial charge < -0.3 is 0 Å². The van der Waals surface area contributed by atoms with Crippen molar-refractivity contribution in [3.8, 4) is 0 Å². The van der Waals surface area contributed by atoms with Crippen LogP contribution in [0.4, 0.5) is 0 Å². The number of allylic oxidation sites excluding steroid dienone is 3. The van der Waals surface area contributed by atoms with Crippen LogP contribution in [0.2, 0.25) is 4.44 Å². The first-order chi connectivity index (χ1) is 17.2. The Balaban J connectivity index is 1.34. The van der Waals surface area contributed by atoms with Crippen molar-refractivity contribution in [3.05, 3.63) is 114 Å². The second-order valence-electron chi connectivity index (χ2n) is 9.75. The molecule has 0 amide bonds. The number of hydrogen-bond donors (Lipinski definition) is 0. The predicted molar refractivity (Wildman–Crippen MR) is 148 cm³/mol. The van der Waals surface area contributed by atoms with Crippen LogP contribution >= 0.6 is 0 Å². The van der Waals surface area contributed by atoms with Gasteiger partial charge >= 0.3 is 215 Å². The van der Waals surface area contributed by atoms with Crippen LogP contribution in [0, 0.1) is 0 Å². The third kappa shape index (κ3) is 5.07. The third-order valence-corrected chi connectivity index (χ3v) is 21.6. The molecule has 0 bridgehead atoms. The average Bonchev–Trinajstić information content (AvgIpc) is 3.53. The molecule has 1 fully saturated rings. The van der Waals surface area contributed by atoms with E-state index in [0.29, 0.717) is 0 Å². The molecule has 2 nitrogen and oxygen atoms in total. The molecule has 1 aliphatic heterocycles. The first kappa shape index (κ1) is 24.5. The van der Waals surface area contributed by atoms with Crippen molar-refractivity contribution >= 4 is 29.1 Å². The summed E-state index contributed by atoms with van der Waals surface area (Å²) in [4.78, 5) is 0. The number of unbranched alkanes of at least 4 members (excludes halogenated alkanes) is 1. The Morgan fingerprint density at radius 1 is 0.743 bits per heavy atom. The Kier molecular flexibility index (Phi) is 7.91. The van der Waals surface area contributed by atoms with Crippen molar-refractivity contribution in [1.82, 2.24) is 0 Å². The normalized spacial score (nSPS) is 17.6. The van der Waals surface area contributed by atoms with E-state index in [2.05, 4.69) is 110 Å². The third-order valence-electron chi connectivity index (χ3n) is 7.85. The van der Waals surface area contributed by atoms with Crippen molar-refractivity contribution in [1.29, 1.82) is 0 Å². The Hall–Kier alpha value is -2.14. The molecule has 0 radical (unpaired) electrons. The molecular formula is C32H36O2Sn. The molecule has 3 aromatic carbocycles. The number of rotatable bonds is 9. The number of benzene rings is 3. The number of hydrogen-bond acceptors (Lipinski definition) is 2. The second kappa shape index (κ2) is 11.3. The van der Waals surface area contributed by atoms with E-state index in [-0.39, 0.29) is 5.79 Å². The minimum atomic E-state index is -3.17. The van der Waals surface area contributed by atoms with Crippen molar-refractivity contribution in [2.45, 2.75) is 49.3 Å². The maximum absolute atomic E-state index is 5.97. The van der Waals surface area contributed by atoms with Crippen molar-refractivity contribution in [2.75, 3.05) is 13.2 Å². The summed E-state index contributed by atoms with van der Waals surface area (Å²) in [5.74, 6) is -0.389.